The van der Waals surface area contributed by atoms with Gasteiger partial charge in [-0.2, -0.15) is 0 Å². The van der Waals surface area contributed by atoms with Crippen LogP contribution >= 0.6 is 0 Å². The predicted molar refractivity (Wildman–Crippen MR) is 80.6 cm³/mol. The SMILES string of the molecule is CNS(=O)(=O)c1ccc(C(=O)NC2CCCNC2C)cc1. The lowest BCUT2D eigenvalue weighted by atomic mass is 9.99. The molecule has 7 heteroatoms. The van der Waals surface area contributed by atoms with E-state index in [9.17, 15) is 13.2 Å². The summed E-state index contributed by atoms with van der Waals surface area (Å²) >= 11 is 0. The Labute approximate surface area is 125 Å². The number of amides is 1. The van der Waals surface area contributed by atoms with Crippen molar-refractivity contribution < 1.29 is 13.2 Å². The van der Waals surface area contributed by atoms with E-state index in [-0.39, 0.29) is 22.9 Å². The van der Waals surface area contributed by atoms with Crippen LogP contribution in [0.4, 0.5) is 0 Å². The van der Waals surface area contributed by atoms with Crippen LogP contribution < -0.4 is 15.4 Å². The summed E-state index contributed by atoms with van der Waals surface area (Å²) in [5.74, 6) is -0.177. The first-order chi connectivity index (χ1) is 9.94. The maximum absolute atomic E-state index is 12.2. The summed E-state index contributed by atoms with van der Waals surface area (Å²) in [6, 6.07) is 6.27. The second kappa shape index (κ2) is 6.55. The van der Waals surface area contributed by atoms with Crippen molar-refractivity contribution in [3.8, 4) is 0 Å². The van der Waals surface area contributed by atoms with Gasteiger partial charge in [0.1, 0.15) is 0 Å². The molecule has 116 valence electrons. The second-order valence-corrected chi connectivity index (χ2v) is 7.08. The lowest BCUT2D eigenvalue weighted by molar-refractivity contribution is 0.0919. The van der Waals surface area contributed by atoms with Gasteiger partial charge in [0.15, 0.2) is 0 Å². The number of carbonyl (C=O) groups excluding carboxylic acids is 1. The molecule has 1 fully saturated rings. The molecule has 0 aromatic heterocycles. The first-order valence-electron chi connectivity index (χ1n) is 7.02. The fourth-order valence-electron chi connectivity index (χ4n) is 2.40. The summed E-state index contributed by atoms with van der Waals surface area (Å²) in [6.45, 7) is 3.02. The van der Waals surface area contributed by atoms with Crippen LogP contribution in [0.1, 0.15) is 30.1 Å². The van der Waals surface area contributed by atoms with Crippen molar-refractivity contribution >= 4 is 15.9 Å². The maximum atomic E-state index is 12.2. The van der Waals surface area contributed by atoms with Crippen molar-refractivity contribution in [1.29, 1.82) is 0 Å². The van der Waals surface area contributed by atoms with Crippen LogP contribution in [-0.4, -0.2) is 40.0 Å². The Hall–Kier alpha value is -1.44. The first-order valence-corrected chi connectivity index (χ1v) is 8.50. The number of rotatable bonds is 4. The van der Waals surface area contributed by atoms with Crippen LogP contribution in [0.2, 0.25) is 0 Å². The van der Waals surface area contributed by atoms with E-state index in [0.29, 0.717) is 5.56 Å². The van der Waals surface area contributed by atoms with E-state index in [4.69, 9.17) is 0 Å². The van der Waals surface area contributed by atoms with Crippen molar-refractivity contribution in [1.82, 2.24) is 15.4 Å². The molecule has 0 radical (unpaired) electrons. The van der Waals surface area contributed by atoms with Crippen LogP contribution in [-0.2, 0) is 10.0 Å². The molecule has 3 N–H and O–H groups in total. The quantitative estimate of drug-likeness (QED) is 0.754. The van der Waals surface area contributed by atoms with Crippen molar-refractivity contribution in [2.75, 3.05) is 13.6 Å². The molecular formula is C14H21N3O3S. The highest BCUT2D eigenvalue weighted by molar-refractivity contribution is 7.89. The van der Waals surface area contributed by atoms with Crippen molar-refractivity contribution in [2.45, 2.75) is 36.7 Å². The second-order valence-electron chi connectivity index (χ2n) is 5.20. The molecule has 6 nitrogen and oxygen atoms in total. The summed E-state index contributed by atoms with van der Waals surface area (Å²) in [5, 5.41) is 6.31. The summed E-state index contributed by atoms with van der Waals surface area (Å²) in [4.78, 5) is 12.3. The molecule has 0 bridgehead atoms. The first kappa shape index (κ1) is 15.9. The van der Waals surface area contributed by atoms with Gasteiger partial charge in [-0.05, 0) is 57.6 Å². The third-order valence-corrected chi connectivity index (χ3v) is 5.20. The molecule has 2 rings (SSSR count). The third kappa shape index (κ3) is 3.81. The summed E-state index contributed by atoms with van der Waals surface area (Å²) in [6.07, 6.45) is 1.99. The number of hydrogen-bond donors (Lipinski definition) is 3. The van der Waals surface area contributed by atoms with Gasteiger partial charge < -0.3 is 10.6 Å². The lowest BCUT2D eigenvalue weighted by Gasteiger charge is -2.30. The highest BCUT2D eigenvalue weighted by atomic mass is 32.2. The number of sulfonamides is 1. The molecule has 1 aromatic rings. The Morgan fingerprint density at radius 2 is 1.95 bits per heavy atom. The van der Waals surface area contributed by atoms with E-state index < -0.39 is 10.0 Å². The molecule has 1 heterocycles. The van der Waals surface area contributed by atoms with Crippen molar-refractivity contribution in [3.05, 3.63) is 29.8 Å². The number of piperidine rings is 1. The van der Waals surface area contributed by atoms with Crippen molar-refractivity contribution in [3.63, 3.8) is 0 Å². The minimum atomic E-state index is -3.47. The molecule has 2 atom stereocenters. The smallest absolute Gasteiger partial charge is 0.251 e. The average molecular weight is 311 g/mol. The zero-order valence-corrected chi connectivity index (χ0v) is 13.0. The van der Waals surface area contributed by atoms with Gasteiger partial charge in [0.2, 0.25) is 10.0 Å². The maximum Gasteiger partial charge on any atom is 0.251 e. The molecule has 0 aliphatic carbocycles. The Morgan fingerprint density at radius 3 is 2.52 bits per heavy atom. The van der Waals surface area contributed by atoms with E-state index in [1.54, 1.807) is 0 Å². The fraction of sp³-hybridized carbons (Fsp3) is 0.500. The zero-order valence-electron chi connectivity index (χ0n) is 12.2. The van der Waals surface area contributed by atoms with E-state index in [2.05, 4.69) is 15.4 Å². The number of nitrogens with one attached hydrogen (secondary N) is 3. The van der Waals surface area contributed by atoms with E-state index in [0.717, 1.165) is 19.4 Å². The summed E-state index contributed by atoms with van der Waals surface area (Å²) in [5.41, 5.74) is 0.461. The monoisotopic (exact) mass is 311 g/mol. The Bertz CT molecular complexity index is 598. The molecule has 21 heavy (non-hydrogen) atoms. The molecule has 2 unspecified atom stereocenters. The zero-order chi connectivity index (χ0) is 15.5. The van der Waals surface area contributed by atoms with E-state index in [1.165, 1.54) is 31.3 Å². The minimum Gasteiger partial charge on any atom is -0.348 e. The molecular weight excluding hydrogens is 290 g/mol. The summed E-state index contributed by atoms with van der Waals surface area (Å²) in [7, 11) is -2.11. The van der Waals surface area contributed by atoms with Gasteiger partial charge in [-0.1, -0.05) is 0 Å². The van der Waals surface area contributed by atoms with Crippen LogP contribution in [0.15, 0.2) is 29.2 Å². The fourth-order valence-corrected chi connectivity index (χ4v) is 3.13. The van der Waals surface area contributed by atoms with Crippen LogP contribution in [0.25, 0.3) is 0 Å². The van der Waals surface area contributed by atoms with Crippen LogP contribution in [0, 0.1) is 0 Å². The van der Waals surface area contributed by atoms with Crippen molar-refractivity contribution in [2.24, 2.45) is 0 Å². The average Bonchev–Trinajstić information content (AvgIpc) is 2.49. The van der Waals surface area contributed by atoms with Gasteiger partial charge in [-0.3, -0.25) is 4.79 Å². The van der Waals surface area contributed by atoms with Gasteiger partial charge in [0.05, 0.1) is 4.90 Å². The number of hydrogen-bond acceptors (Lipinski definition) is 4. The highest BCUT2D eigenvalue weighted by Gasteiger charge is 2.23. The van der Waals surface area contributed by atoms with Gasteiger partial charge in [0, 0.05) is 17.6 Å². The molecule has 1 amide bonds. The van der Waals surface area contributed by atoms with E-state index in [1.807, 2.05) is 6.92 Å². The largest absolute Gasteiger partial charge is 0.348 e. The van der Waals surface area contributed by atoms with Gasteiger partial charge in [-0.15, -0.1) is 0 Å². The topological polar surface area (TPSA) is 87.3 Å². The van der Waals surface area contributed by atoms with Gasteiger partial charge in [-0.25, -0.2) is 13.1 Å². The molecule has 1 aromatic carbocycles. The van der Waals surface area contributed by atoms with Crippen LogP contribution in [0.3, 0.4) is 0 Å². The Balaban J connectivity index is 2.06. The Morgan fingerprint density at radius 1 is 1.29 bits per heavy atom. The molecule has 1 saturated heterocycles. The molecule has 0 spiro atoms. The molecule has 1 aliphatic rings. The van der Waals surface area contributed by atoms with Gasteiger partial charge >= 0.3 is 0 Å². The Kier molecular flexibility index (Phi) is 4.97. The predicted octanol–water partition coefficient (Wildman–Crippen LogP) is 0.465. The molecule has 1 aliphatic heterocycles. The standard InChI is InChI=1S/C14H21N3O3S/c1-10-13(4-3-9-16-10)17-14(18)11-5-7-12(8-6-11)21(19,20)15-2/h5-8,10,13,15-16H,3-4,9H2,1-2H3,(H,17,18). The minimum absolute atomic E-state index is 0.104. The number of carbonyl (C=O) groups is 1. The summed E-state index contributed by atoms with van der Waals surface area (Å²) < 4.78 is 25.5. The van der Waals surface area contributed by atoms with E-state index >= 15 is 0 Å². The normalized spacial score (nSPS) is 22.8. The van der Waals surface area contributed by atoms with Gasteiger partial charge in [0.25, 0.3) is 5.91 Å². The highest BCUT2D eigenvalue weighted by Crippen LogP contribution is 2.12. The lowest BCUT2D eigenvalue weighted by Crippen LogP contribution is -2.51. The van der Waals surface area contributed by atoms with Crippen LogP contribution in [0.5, 0.6) is 0 Å². The molecule has 0 saturated carbocycles. The number of benzene rings is 1. The third-order valence-electron chi connectivity index (χ3n) is 3.77.